The van der Waals surface area contributed by atoms with Crippen molar-refractivity contribution in [2.24, 2.45) is 0 Å². The van der Waals surface area contributed by atoms with Gasteiger partial charge in [0.05, 0.1) is 12.7 Å². The fourth-order valence-electron chi connectivity index (χ4n) is 4.28. The van der Waals surface area contributed by atoms with Crippen LogP contribution in [-0.2, 0) is 23.4 Å². The molecule has 0 spiro atoms. The van der Waals surface area contributed by atoms with E-state index in [1.807, 2.05) is 0 Å². The van der Waals surface area contributed by atoms with Gasteiger partial charge in [-0.05, 0) is 43.7 Å². The van der Waals surface area contributed by atoms with Crippen molar-refractivity contribution in [1.82, 2.24) is 14.6 Å². The van der Waals surface area contributed by atoms with Gasteiger partial charge in [-0.2, -0.15) is 13.9 Å². The first kappa shape index (κ1) is 32.4. The number of alkyl halides is 4. The van der Waals surface area contributed by atoms with E-state index in [9.17, 15) is 32.8 Å². The third-order valence-electron chi connectivity index (χ3n) is 6.42. The van der Waals surface area contributed by atoms with Crippen LogP contribution in [0.1, 0.15) is 27.0 Å². The SMILES string of the molecule is CC(C)OC(=O)C(C)NP(=O)(OCC1(C(F)F)OC(n2ccc(=O)[nH]c2=O)C(F)(F)C1O)Oc1ccc2ccccc2c1. The molecule has 12 nitrogen and oxygen atoms in total. The number of nitrogens with zero attached hydrogens (tertiary/aromatic N) is 1. The highest BCUT2D eigenvalue weighted by Crippen LogP contribution is 2.53. The van der Waals surface area contributed by atoms with Crippen LogP contribution in [0.25, 0.3) is 10.8 Å². The Morgan fingerprint density at radius 2 is 1.81 bits per heavy atom. The Hall–Kier alpha value is -3.56. The van der Waals surface area contributed by atoms with Gasteiger partial charge in [0.2, 0.25) is 6.23 Å². The molecule has 3 N–H and O–H groups in total. The van der Waals surface area contributed by atoms with E-state index in [0.29, 0.717) is 17.6 Å². The van der Waals surface area contributed by atoms with Crippen molar-refractivity contribution in [1.29, 1.82) is 0 Å². The Labute approximate surface area is 241 Å². The second kappa shape index (κ2) is 12.2. The molecule has 3 aromatic rings. The smallest absolute Gasteiger partial charge is 0.459 e. The van der Waals surface area contributed by atoms with E-state index in [-0.39, 0.29) is 10.3 Å². The number of aromatic amines is 1. The van der Waals surface area contributed by atoms with Crippen LogP contribution in [0.4, 0.5) is 17.6 Å². The summed E-state index contributed by atoms with van der Waals surface area (Å²) in [5.74, 6) is -5.57. The number of nitrogens with one attached hydrogen (secondary N) is 2. The molecule has 5 atom stereocenters. The molecule has 2 aromatic carbocycles. The number of halogens is 4. The number of hydrogen-bond acceptors (Lipinski definition) is 9. The lowest BCUT2D eigenvalue weighted by molar-refractivity contribution is -0.193. The average molecular weight is 633 g/mol. The number of aliphatic hydroxyl groups excluding tert-OH is 1. The zero-order chi connectivity index (χ0) is 31.7. The maximum Gasteiger partial charge on any atom is 0.459 e. The van der Waals surface area contributed by atoms with Crippen LogP contribution in [0.2, 0.25) is 0 Å². The molecule has 234 valence electrons. The number of fused-ring (bicyclic) bond motifs is 1. The fourth-order valence-corrected chi connectivity index (χ4v) is 5.80. The molecule has 0 amide bonds. The molecule has 17 heteroatoms. The summed E-state index contributed by atoms with van der Waals surface area (Å²) in [6.45, 7) is 2.63. The summed E-state index contributed by atoms with van der Waals surface area (Å²) in [5.41, 5.74) is -5.95. The second-order valence-electron chi connectivity index (χ2n) is 10.0. The summed E-state index contributed by atoms with van der Waals surface area (Å²) in [6, 6.07) is 10.6. The minimum Gasteiger partial charge on any atom is -0.462 e. The van der Waals surface area contributed by atoms with Gasteiger partial charge in [-0.1, -0.05) is 30.3 Å². The lowest BCUT2D eigenvalue weighted by atomic mass is 9.96. The number of aromatic nitrogens is 2. The van der Waals surface area contributed by atoms with E-state index < -0.39 is 74.0 Å². The molecule has 5 unspecified atom stereocenters. The lowest BCUT2D eigenvalue weighted by Gasteiger charge is -2.32. The monoisotopic (exact) mass is 633 g/mol. The Kier molecular flexibility index (Phi) is 9.19. The Morgan fingerprint density at radius 3 is 2.44 bits per heavy atom. The molecule has 0 radical (unpaired) electrons. The van der Waals surface area contributed by atoms with Crippen LogP contribution >= 0.6 is 7.75 Å². The highest BCUT2D eigenvalue weighted by Gasteiger charge is 2.71. The van der Waals surface area contributed by atoms with Gasteiger partial charge in [0, 0.05) is 12.3 Å². The molecule has 4 rings (SSSR count). The molecule has 43 heavy (non-hydrogen) atoms. The standard InChI is InChI=1S/C26H28F4N3O9P/c1-14(2)40-20(35)15(3)32-43(38,42-18-9-8-16-6-4-5-7-17(16)12-18)39-13-25(22(27)28)21(36)26(29,30)23(41-25)33-11-10-19(34)31-24(33)37/h4-12,14-15,21-23,36H,13H2,1-3H3,(H,32,38)(H,31,34,37). The molecule has 1 fully saturated rings. The predicted octanol–water partition coefficient (Wildman–Crippen LogP) is 3.35. The van der Waals surface area contributed by atoms with E-state index in [1.54, 1.807) is 49.2 Å². The highest BCUT2D eigenvalue weighted by atomic mass is 31.2. The highest BCUT2D eigenvalue weighted by molar-refractivity contribution is 7.52. The van der Waals surface area contributed by atoms with Crippen LogP contribution < -0.4 is 20.9 Å². The van der Waals surface area contributed by atoms with Crippen molar-refractivity contribution in [2.45, 2.75) is 63.2 Å². The van der Waals surface area contributed by atoms with Crippen molar-refractivity contribution in [3.8, 4) is 5.75 Å². The van der Waals surface area contributed by atoms with Crippen molar-refractivity contribution in [2.75, 3.05) is 6.61 Å². The summed E-state index contributed by atoms with van der Waals surface area (Å²) in [6.07, 6.45) is -10.0. The van der Waals surface area contributed by atoms with E-state index in [1.165, 1.54) is 19.1 Å². The first-order chi connectivity index (χ1) is 20.1. The second-order valence-corrected chi connectivity index (χ2v) is 11.7. The number of esters is 1. The fraction of sp³-hybridized carbons (Fsp3) is 0.423. The number of carbonyl (C=O) groups excluding carboxylic acids is 1. The van der Waals surface area contributed by atoms with Gasteiger partial charge in [0.1, 0.15) is 11.8 Å². The third kappa shape index (κ3) is 6.68. The summed E-state index contributed by atoms with van der Waals surface area (Å²) >= 11 is 0. The van der Waals surface area contributed by atoms with Gasteiger partial charge in [0.25, 0.3) is 12.0 Å². The Bertz CT molecular complexity index is 1650. The Balaban J connectivity index is 1.68. The molecule has 0 aliphatic carbocycles. The minimum absolute atomic E-state index is 0.110. The van der Waals surface area contributed by atoms with E-state index in [2.05, 4.69) is 5.09 Å². The van der Waals surface area contributed by atoms with Crippen molar-refractivity contribution < 1.29 is 50.5 Å². The third-order valence-corrected chi connectivity index (χ3v) is 8.05. The lowest BCUT2D eigenvalue weighted by Crippen LogP contribution is -2.54. The molecule has 1 aromatic heterocycles. The molecular weight excluding hydrogens is 605 g/mol. The average Bonchev–Trinajstić information content (AvgIpc) is 3.13. The summed E-state index contributed by atoms with van der Waals surface area (Å²) in [4.78, 5) is 37.6. The summed E-state index contributed by atoms with van der Waals surface area (Å²) < 4.78 is 94.0. The number of carbonyl (C=O) groups is 1. The van der Waals surface area contributed by atoms with Gasteiger partial charge in [0.15, 0.2) is 11.7 Å². The van der Waals surface area contributed by atoms with Gasteiger partial charge < -0.3 is 19.1 Å². The van der Waals surface area contributed by atoms with Crippen LogP contribution in [-0.4, -0.2) is 63.4 Å². The number of aliphatic hydroxyl groups is 1. The van der Waals surface area contributed by atoms with Crippen molar-refractivity contribution >= 4 is 24.5 Å². The first-order valence-corrected chi connectivity index (χ1v) is 14.4. The normalized spacial score (nSPS) is 23.8. The van der Waals surface area contributed by atoms with E-state index >= 15 is 8.78 Å². The number of rotatable bonds is 11. The van der Waals surface area contributed by atoms with Crippen molar-refractivity contribution in [3.05, 3.63) is 75.6 Å². The number of hydrogen-bond donors (Lipinski definition) is 3. The van der Waals surface area contributed by atoms with Gasteiger partial charge >= 0.3 is 25.3 Å². The maximum atomic E-state index is 15.2. The first-order valence-electron chi connectivity index (χ1n) is 12.8. The molecule has 1 saturated heterocycles. The Morgan fingerprint density at radius 1 is 1.14 bits per heavy atom. The number of benzene rings is 2. The zero-order valence-corrected chi connectivity index (χ0v) is 23.8. The quantitative estimate of drug-likeness (QED) is 0.163. The molecular formula is C26H28F4N3O9P. The maximum absolute atomic E-state index is 15.2. The summed E-state index contributed by atoms with van der Waals surface area (Å²) in [5, 5.41) is 14.1. The predicted molar refractivity (Wildman–Crippen MR) is 143 cm³/mol. The van der Waals surface area contributed by atoms with Crippen molar-refractivity contribution in [3.63, 3.8) is 0 Å². The molecule has 2 heterocycles. The van der Waals surface area contributed by atoms with Crippen LogP contribution in [0, 0.1) is 0 Å². The van der Waals surface area contributed by atoms with Crippen LogP contribution in [0.15, 0.2) is 64.3 Å². The van der Waals surface area contributed by atoms with Gasteiger partial charge in [-0.25, -0.2) is 18.1 Å². The molecule has 0 saturated carbocycles. The van der Waals surface area contributed by atoms with E-state index in [0.717, 1.165) is 5.39 Å². The topological polar surface area (TPSA) is 158 Å². The van der Waals surface area contributed by atoms with E-state index in [4.69, 9.17) is 18.5 Å². The molecule has 1 aliphatic rings. The largest absolute Gasteiger partial charge is 0.462 e. The number of H-pyrrole nitrogens is 1. The van der Waals surface area contributed by atoms with Crippen LogP contribution in [0.5, 0.6) is 5.75 Å². The van der Waals surface area contributed by atoms with Gasteiger partial charge in [-0.3, -0.25) is 23.7 Å². The molecule has 0 bridgehead atoms. The minimum atomic E-state index is -4.92. The number of ether oxygens (including phenoxy) is 2. The summed E-state index contributed by atoms with van der Waals surface area (Å²) in [7, 11) is -4.92. The zero-order valence-electron chi connectivity index (χ0n) is 22.9. The van der Waals surface area contributed by atoms with Gasteiger partial charge in [-0.15, -0.1) is 0 Å². The van der Waals surface area contributed by atoms with Crippen LogP contribution in [0.3, 0.4) is 0 Å². The molecule has 1 aliphatic heterocycles.